The number of thioether (sulfide) groups is 1. The van der Waals surface area contributed by atoms with Crippen LogP contribution in [0.4, 0.5) is 5.69 Å². The molecule has 3 saturated heterocycles. The first-order valence-corrected chi connectivity index (χ1v) is 15.0. The van der Waals surface area contributed by atoms with Gasteiger partial charge in [0.1, 0.15) is 6.04 Å². The molecule has 3 aliphatic heterocycles. The second-order valence-corrected chi connectivity index (χ2v) is 13.1. The summed E-state index contributed by atoms with van der Waals surface area (Å²) in [5.41, 5.74) is 0.657. The third kappa shape index (κ3) is 4.72. The normalized spacial score (nSPS) is 30.6. The maximum Gasteiger partial charge on any atom is 0.251 e. The Kier molecular flexibility index (Phi) is 8.89. The van der Waals surface area contributed by atoms with Crippen LogP contribution in [0.2, 0.25) is 5.02 Å². The zero-order valence-electron chi connectivity index (χ0n) is 23.3. The number of likely N-dealkylation sites (N-methyl/N-ethyl adjacent to an activating group) is 1. The Bertz CT molecular complexity index is 1130. The van der Waals surface area contributed by atoms with Crippen LogP contribution in [0.3, 0.4) is 0 Å². The minimum Gasteiger partial charge on any atom is -0.394 e. The van der Waals surface area contributed by atoms with Crippen molar-refractivity contribution in [1.82, 2.24) is 9.80 Å². The molecule has 9 heteroatoms. The number of carbonyl (C=O) groups excluding carboxylic acids is 3. The number of anilines is 1. The molecule has 39 heavy (non-hydrogen) atoms. The number of benzene rings is 1. The molecule has 1 aromatic rings. The number of carbonyl (C=O) groups is 3. The molecule has 0 saturated carbocycles. The predicted molar refractivity (Wildman–Crippen MR) is 158 cm³/mol. The van der Waals surface area contributed by atoms with Gasteiger partial charge in [0, 0.05) is 36.1 Å². The Morgan fingerprint density at radius 2 is 1.87 bits per heavy atom. The first kappa shape index (κ1) is 29.7. The van der Waals surface area contributed by atoms with Gasteiger partial charge in [0.2, 0.25) is 11.8 Å². The van der Waals surface area contributed by atoms with Crippen LogP contribution in [0.5, 0.6) is 0 Å². The number of hydrogen-bond acceptors (Lipinski definition) is 5. The van der Waals surface area contributed by atoms with E-state index >= 15 is 0 Å². The number of hydrogen-bond donors (Lipinski definition) is 1. The van der Waals surface area contributed by atoms with E-state index in [0.717, 1.165) is 12.8 Å². The average Bonchev–Trinajstić information content (AvgIpc) is 3.51. The van der Waals surface area contributed by atoms with Crippen molar-refractivity contribution >= 4 is 46.8 Å². The highest BCUT2D eigenvalue weighted by Gasteiger charge is 2.77. The molecule has 0 aromatic heterocycles. The van der Waals surface area contributed by atoms with E-state index in [-0.39, 0.29) is 48.0 Å². The predicted octanol–water partition coefficient (Wildman–Crippen LogP) is 4.25. The second-order valence-electron chi connectivity index (χ2n) is 11.2. The van der Waals surface area contributed by atoms with Crippen molar-refractivity contribution in [3.63, 3.8) is 0 Å². The smallest absolute Gasteiger partial charge is 0.251 e. The minimum absolute atomic E-state index is 0.0289. The standard InChI is InChI=1S/C30H40ClN3O4S/c1-7-14-32(6)27(36)24-23-16-19(5)30(39-23)25(24)28(37)34(22(17-35)18(4)9-3)26(30)29(38)33(15-8-2)21-12-10-20(31)11-13-21/h7-8,10-13,18-19,22-26,35H,1-2,9,14-17H2,3-6H3/t18-,19?,22-,23-,24+,25-,26?,30?/m0/s1. The van der Waals surface area contributed by atoms with E-state index in [2.05, 4.69) is 20.1 Å². The monoisotopic (exact) mass is 573 g/mol. The van der Waals surface area contributed by atoms with Gasteiger partial charge in [0.05, 0.1) is 29.2 Å². The molecule has 8 atom stereocenters. The van der Waals surface area contributed by atoms with Crippen molar-refractivity contribution in [2.75, 3.05) is 31.6 Å². The molecule has 3 heterocycles. The lowest BCUT2D eigenvalue weighted by Crippen LogP contribution is -2.60. The molecule has 212 valence electrons. The van der Waals surface area contributed by atoms with Gasteiger partial charge in [-0.1, -0.05) is 50.9 Å². The summed E-state index contributed by atoms with van der Waals surface area (Å²) in [7, 11) is 1.73. The second kappa shape index (κ2) is 11.7. The average molecular weight is 574 g/mol. The van der Waals surface area contributed by atoms with Gasteiger partial charge in [-0.05, 0) is 42.5 Å². The van der Waals surface area contributed by atoms with Crippen LogP contribution in [0.15, 0.2) is 49.6 Å². The largest absolute Gasteiger partial charge is 0.394 e. The zero-order valence-corrected chi connectivity index (χ0v) is 24.8. The highest BCUT2D eigenvalue weighted by atomic mass is 35.5. The quantitative estimate of drug-likeness (QED) is 0.400. The number of fused-ring (bicyclic) bond motifs is 1. The van der Waals surface area contributed by atoms with Gasteiger partial charge in [0.15, 0.2) is 0 Å². The molecule has 2 bridgehead atoms. The number of rotatable bonds is 11. The van der Waals surface area contributed by atoms with Gasteiger partial charge < -0.3 is 19.8 Å². The van der Waals surface area contributed by atoms with Crippen molar-refractivity contribution in [2.45, 2.75) is 55.7 Å². The minimum atomic E-state index is -0.829. The molecule has 0 aliphatic carbocycles. The number of likely N-dealkylation sites (tertiary alicyclic amines) is 1. The molecule has 3 unspecified atom stereocenters. The fourth-order valence-electron chi connectivity index (χ4n) is 6.95. The van der Waals surface area contributed by atoms with E-state index in [4.69, 9.17) is 11.6 Å². The van der Waals surface area contributed by atoms with Crippen LogP contribution >= 0.6 is 23.4 Å². The van der Waals surface area contributed by atoms with Crippen molar-refractivity contribution in [2.24, 2.45) is 23.7 Å². The summed E-state index contributed by atoms with van der Waals surface area (Å²) < 4.78 is -0.777. The van der Waals surface area contributed by atoms with Gasteiger partial charge >= 0.3 is 0 Å². The van der Waals surface area contributed by atoms with Gasteiger partial charge in [-0.25, -0.2) is 0 Å². The number of nitrogens with zero attached hydrogens (tertiary/aromatic N) is 3. The lowest BCUT2D eigenvalue weighted by atomic mass is 9.65. The highest BCUT2D eigenvalue weighted by Crippen LogP contribution is 2.69. The highest BCUT2D eigenvalue weighted by molar-refractivity contribution is 8.02. The van der Waals surface area contributed by atoms with Crippen LogP contribution in [-0.2, 0) is 14.4 Å². The fourth-order valence-corrected chi connectivity index (χ4v) is 9.47. The van der Waals surface area contributed by atoms with Crippen molar-refractivity contribution in [3.8, 4) is 0 Å². The summed E-state index contributed by atoms with van der Waals surface area (Å²) in [5, 5.41) is 11.1. The van der Waals surface area contributed by atoms with Gasteiger partial charge in [0.25, 0.3) is 5.91 Å². The number of amides is 3. The van der Waals surface area contributed by atoms with E-state index in [0.29, 0.717) is 17.3 Å². The maximum absolute atomic E-state index is 14.7. The van der Waals surface area contributed by atoms with E-state index in [9.17, 15) is 19.5 Å². The molecule has 1 aromatic carbocycles. The Balaban J connectivity index is 1.87. The van der Waals surface area contributed by atoms with Crippen LogP contribution in [0, 0.1) is 23.7 Å². The van der Waals surface area contributed by atoms with Gasteiger partial charge in [-0.2, -0.15) is 0 Å². The molecule has 3 amide bonds. The Morgan fingerprint density at radius 3 is 2.44 bits per heavy atom. The molecule has 1 N–H and O–H groups in total. The maximum atomic E-state index is 14.7. The molecule has 7 nitrogen and oxygen atoms in total. The zero-order chi connectivity index (χ0) is 28.6. The van der Waals surface area contributed by atoms with E-state index in [1.54, 1.807) is 69.9 Å². The lowest BCUT2D eigenvalue weighted by Gasteiger charge is -2.43. The Labute approximate surface area is 241 Å². The summed E-state index contributed by atoms with van der Waals surface area (Å²) in [5.74, 6) is -1.68. The molecule has 3 aliphatic rings. The Morgan fingerprint density at radius 1 is 1.23 bits per heavy atom. The molecular formula is C30H40ClN3O4S. The summed E-state index contributed by atoms with van der Waals surface area (Å²) in [6.45, 7) is 14.1. The first-order valence-electron chi connectivity index (χ1n) is 13.7. The molecule has 4 rings (SSSR count). The van der Waals surface area contributed by atoms with E-state index in [1.165, 1.54) is 0 Å². The van der Waals surface area contributed by atoms with Crippen LogP contribution in [0.1, 0.15) is 33.6 Å². The number of halogens is 1. The van der Waals surface area contributed by atoms with Crippen LogP contribution in [0.25, 0.3) is 0 Å². The van der Waals surface area contributed by atoms with E-state index in [1.807, 2.05) is 13.8 Å². The Hall–Kier alpha value is -2.29. The number of aliphatic hydroxyl groups excluding tert-OH is 1. The third-order valence-electron chi connectivity index (χ3n) is 9.04. The van der Waals surface area contributed by atoms with Crippen molar-refractivity contribution < 1.29 is 19.5 Å². The summed E-state index contributed by atoms with van der Waals surface area (Å²) in [6.07, 6.45) is 4.83. The third-order valence-corrected chi connectivity index (χ3v) is 11.4. The summed E-state index contributed by atoms with van der Waals surface area (Å²) in [4.78, 5) is 47.9. The van der Waals surface area contributed by atoms with Crippen LogP contribution < -0.4 is 4.90 Å². The molecule has 0 radical (unpaired) electrons. The van der Waals surface area contributed by atoms with Crippen molar-refractivity contribution in [3.05, 3.63) is 54.6 Å². The molecular weight excluding hydrogens is 534 g/mol. The molecule has 3 fully saturated rings. The van der Waals surface area contributed by atoms with E-state index < -0.39 is 28.7 Å². The first-order chi connectivity index (χ1) is 18.6. The van der Waals surface area contributed by atoms with Crippen LogP contribution in [-0.4, -0.2) is 81.5 Å². The van der Waals surface area contributed by atoms with Gasteiger partial charge in [-0.15, -0.1) is 24.9 Å². The molecule has 1 spiro atoms. The van der Waals surface area contributed by atoms with Gasteiger partial charge in [-0.3, -0.25) is 14.4 Å². The topological polar surface area (TPSA) is 81.2 Å². The SMILES string of the molecule is C=CCN(C)C(=O)[C@@H]1[C@@H]2CC(C)C3(S2)C(C(=O)N(CC=C)c2ccc(Cl)cc2)N([C@@H](CO)[C@@H](C)CC)C(=O)[C@H]13. The summed E-state index contributed by atoms with van der Waals surface area (Å²) >= 11 is 7.78. The lowest BCUT2D eigenvalue weighted by molar-refractivity contribution is -0.145. The van der Waals surface area contributed by atoms with Crippen molar-refractivity contribution in [1.29, 1.82) is 0 Å². The number of aliphatic hydroxyl groups is 1. The fraction of sp³-hybridized carbons (Fsp3) is 0.567. The summed E-state index contributed by atoms with van der Waals surface area (Å²) in [6, 6.07) is 5.67.